The van der Waals surface area contributed by atoms with Gasteiger partial charge in [0, 0.05) is 19.3 Å². The first-order chi connectivity index (χ1) is 8.22. The van der Waals surface area contributed by atoms with Gasteiger partial charge < -0.3 is 5.73 Å². The van der Waals surface area contributed by atoms with Crippen molar-refractivity contribution in [2.24, 2.45) is 0 Å². The van der Waals surface area contributed by atoms with Crippen molar-refractivity contribution in [2.45, 2.75) is 4.90 Å². The number of hydrogen-bond donors (Lipinski definition) is 3. The minimum Gasteiger partial charge on any atom is -0.383 e. The molecule has 102 valence electrons. The van der Waals surface area contributed by atoms with E-state index in [9.17, 15) is 16.8 Å². The molecule has 0 saturated carbocycles. The Kier molecular flexibility index (Phi) is 4.62. The maximum atomic E-state index is 11.8. The van der Waals surface area contributed by atoms with Gasteiger partial charge in [-0.1, -0.05) is 0 Å². The molecule has 10 heteroatoms. The molecule has 0 radical (unpaired) electrons. The highest BCUT2D eigenvalue weighted by Gasteiger charge is 2.17. The van der Waals surface area contributed by atoms with Crippen LogP contribution >= 0.6 is 0 Å². The summed E-state index contributed by atoms with van der Waals surface area (Å²) in [7, 11) is -7.12. The first-order valence-corrected chi connectivity index (χ1v) is 8.24. The molecule has 1 heterocycles. The van der Waals surface area contributed by atoms with Crippen molar-refractivity contribution in [1.82, 2.24) is 14.4 Å². The van der Waals surface area contributed by atoms with Crippen molar-refractivity contribution in [3.05, 3.63) is 18.3 Å². The third kappa shape index (κ3) is 4.56. The fourth-order valence-electron chi connectivity index (χ4n) is 1.13. The fraction of sp³-hybridized carbons (Fsp3) is 0.375. The van der Waals surface area contributed by atoms with Crippen molar-refractivity contribution in [3.63, 3.8) is 0 Å². The third-order valence-electron chi connectivity index (χ3n) is 1.87. The molecule has 0 unspecified atom stereocenters. The highest BCUT2D eigenvalue weighted by Crippen LogP contribution is 2.13. The topological polar surface area (TPSA) is 131 Å². The van der Waals surface area contributed by atoms with E-state index in [1.807, 2.05) is 0 Å². The van der Waals surface area contributed by atoms with Crippen molar-refractivity contribution < 1.29 is 16.8 Å². The van der Waals surface area contributed by atoms with Gasteiger partial charge in [0.05, 0.1) is 6.26 Å². The predicted octanol–water partition coefficient (Wildman–Crippen LogP) is -1.51. The highest BCUT2D eigenvalue weighted by molar-refractivity contribution is 7.89. The highest BCUT2D eigenvalue weighted by atomic mass is 32.2. The Labute approximate surface area is 106 Å². The Morgan fingerprint density at radius 2 is 1.83 bits per heavy atom. The number of pyridine rings is 1. The van der Waals surface area contributed by atoms with Gasteiger partial charge in [0.1, 0.15) is 10.7 Å². The normalized spacial score (nSPS) is 12.5. The van der Waals surface area contributed by atoms with Gasteiger partial charge in [-0.3, -0.25) is 0 Å². The molecule has 0 aliphatic rings. The summed E-state index contributed by atoms with van der Waals surface area (Å²) in [5.74, 6) is -0.110. The number of nitrogens with one attached hydrogen (secondary N) is 2. The molecule has 0 bridgehead atoms. The van der Waals surface area contributed by atoms with Crippen LogP contribution < -0.4 is 15.2 Å². The van der Waals surface area contributed by atoms with E-state index in [2.05, 4.69) is 14.4 Å². The van der Waals surface area contributed by atoms with Gasteiger partial charge in [0.25, 0.3) is 0 Å². The van der Waals surface area contributed by atoms with Crippen LogP contribution in [0.25, 0.3) is 0 Å². The minimum absolute atomic E-state index is 0.0434. The lowest BCUT2D eigenvalue weighted by molar-refractivity contribution is 0.573. The summed E-state index contributed by atoms with van der Waals surface area (Å²) >= 11 is 0. The van der Waals surface area contributed by atoms with Crippen LogP contribution in [0.4, 0.5) is 5.82 Å². The molecule has 0 amide bonds. The standard InChI is InChI=1S/C8H14N4O4S2/c1-17(13,14)11-5-6-12-18(15,16)7-3-2-4-10-8(7)9/h2-4,11-12H,5-6H2,1H3,(H2,9,10). The SMILES string of the molecule is CS(=O)(=O)NCCNS(=O)(=O)c1cccnc1N. The van der Waals surface area contributed by atoms with Crippen LogP contribution in [0.5, 0.6) is 0 Å². The number of hydrogen-bond acceptors (Lipinski definition) is 6. The molecule has 0 spiro atoms. The number of nitrogens with zero attached hydrogens (tertiary/aromatic N) is 1. The van der Waals surface area contributed by atoms with Gasteiger partial charge in [-0.2, -0.15) is 0 Å². The summed E-state index contributed by atoms with van der Waals surface area (Å²) in [6.07, 6.45) is 2.36. The zero-order valence-corrected chi connectivity index (χ0v) is 11.3. The zero-order chi connectivity index (χ0) is 13.8. The second kappa shape index (κ2) is 5.61. The summed E-state index contributed by atoms with van der Waals surface area (Å²) in [4.78, 5) is 3.53. The maximum absolute atomic E-state index is 11.8. The lowest BCUT2D eigenvalue weighted by Gasteiger charge is -2.08. The number of nitrogens with two attached hydrogens (primary N) is 1. The van der Waals surface area contributed by atoms with E-state index in [0.29, 0.717) is 0 Å². The van der Waals surface area contributed by atoms with Gasteiger partial charge in [-0.15, -0.1) is 0 Å². The maximum Gasteiger partial charge on any atom is 0.244 e. The van der Waals surface area contributed by atoms with Gasteiger partial charge in [-0.05, 0) is 12.1 Å². The Morgan fingerprint density at radius 3 is 2.39 bits per heavy atom. The van der Waals surface area contributed by atoms with E-state index in [4.69, 9.17) is 5.73 Å². The van der Waals surface area contributed by atoms with Gasteiger partial charge in [-0.25, -0.2) is 31.3 Å². The monoisotopic (exact) mass is 294 g/mol. The molecule has 0 aliphatic carbocycles. The lowest BCUT2D eigenvalue weighted by Crippen LogP contribution is -2.34. The second-order valence-corrected chi connectivity index (χ2v) is 7.02. The summed E-state index contributed by atoms with van der Waals surface area (Å²) in [5.41, 5.74) is 5.44. The smallest absolute Gasteiger partial charge is 0.244 e. The molecular weight excluding hydrogens is 280 g/mol. The van der Waals surface area contributed by atoms with E-state index in [1.165, 1.54) is 18.3 Å². The van der Waals surface area contributed by atoms with Crippen LogP contribution in [0.3, 0.4) is 0 Å². The van der Waals surface area contributed by atoms with Crippen LogP contribution in [0.1, 0.15) is 0 Å². The first kappa shape index (κ1) is 14.8. The van der Waals surface area contributed by atoms with Crippen molar-refractivity contribution in [1.29, 1.82) is 0 Å². The van der Waals surface area contributed by atoms with E-state index >= 15 is 0 Å². The van der Waals surface area contributed by atoms with Crippen molar-refractivity contribution in [2.75, 3.05) is 25.1 Å². The zero-order valence-electron chi connectivity index (χ0n) is 9.62. The van der Waals surface area contributed by atoms with Crippen LogP contribution in [0.15, 0.2) is 23.2 Å². The molecule has 0 aromatic carbocycles. The van der Waals surface area contributed by atoms with Crippen molar-refractivity contribution >= 4 is 25.9 Å². The second-order valence-electron chi connectivity index (χ2n) is 3.45. The Balaban J connectivity index is 2.65. The molecule has 18 heavy (non-hydrogen) atoms. The summed E-state index contributed by atoms with van der Waals surface area (Å²) in [6, 6.07) is 2.76. The molecule has 8 nitrogen and oxygen atoms in total. The van der Waals surface area contributed by atoms with Crippen LogP contribution in [0.2, 0.25) is 0 Å². The lowest BCUT2D eigenvalue weighted by atomic mass is 10.5. The number of nitrogen functional groups attached to an aromatic ring is 1. The summed E-state index contributed by atoms with van der Waals surface area (Å²) in [6.45, 7) is -0.123. The third-order valence-corrected chi connectivity index (χ3v) is 4.11. The molecule has 1 aromatic rings. The van der Waals surface area contributed by atoms with Crippen LogP contribution in [0, 0.1) is 0 Å². The van der Waals surface area contributed by atoms with E-state index in [1.54, 1.807) is 0 Å². The largest absolute Gasteiger partial charge is 0.383 e. The number of sulfonamides is 2. The van der Waals surface area contributed by atoms with Crippen LogP contribution in [-0.4, -0.2) is 41.2 Å². The molecule has 4 N–H and O–H groups in total. The molecule has 0 aliphatic heterocycles. The van der Waals surface area contributed by atoms with Gasteiger partial charge in [0.15, 0.2) is 0 Å². The van der Waals surface area contributed by atoms with Crippen molar-refractivity contribution in [3.8, 4) is 0 Å². The van der Waals surface area contributed by atoms with E-state index in [0.717, 1.165) is 6.26 Å². The number of anilines is 1. The summed E-state index contributed by atoms with van der Waals surface area (Å²) < 4.78 is 49.4. The molecular formula is C8H14N4O4S2. The van der Waals surface area contributed by atoms with Gasteiger partial charge in [0.2, 0.25) is 20.0 Å². The molecule has 0 fully saturated rings. The Hall–Kier alpha value is -1.23. The average molecular weight is 294 g/mol. The molecule has 0 saturated heterocycles. The van der Waals surface area contributed by atoms with Gasteiger partial charge >= 0.3 is 0 Å². The van der Waals surface area contributed by atoms with E-state index < -0.39 is 20.0 Å². The quantitative estimate of drug-likeness (QED) is 0.547. The predicted molar refractivity (Wildman–Crippen MR) is 66.7 cm³/mol. The molecule has 0 atom stereocenters. The minimum atomic E-state index is -3.78. The first-order valence-electron chi connectivity index (χ1n) is 4.87. The molecule has 1 rings (SSSR count). The number of rotatable bonds is 6. The Morgan fingerprint density at radius 1 is 1.22 bits per heavy atom. The van der Waals surface area contributed by atoms with E-state index in [-0.39, 0.29) is 23.8 Å². The average Bonchev–Trinajstić information content (AvgIpc) is 2.24. The van der Waals surface area contributed by atoms with Crippen LogP contribution in [-0.2, 0) is 20.0 Å². The number of aromatic nitrogens is 1. The Bertz CT molecular complexity index is 612. The summed E-state index contributed by atoms with van der Waals surface area (Å²) in [5, 5.41) is 0. The molecule has 1 aromatic heterocycles. The fourth-order valence-corrected chi connectivity index (χ4v) is 2.71.